The number of amides is 1. The van der Waals surface area contributed by atoms with E-state index in [1.807, 2.05) is 25.1 Å². The van der Waals surface area contributed by atoms with E-state index in [2.05, 4.69) is 10.2 Å². The number of nitrogens with zero attached hydrogens (tertiary/aromatic N) is 3. The Hall–Kier alpha value is -2.38. The number of carboxylic acid groups (broad SMARTS) is 1. The van der Waals surface area contributed by atoms with Gasteiger partial charge in [0.05, 0.1) is 12.7 Å². The van der Waals surface area contributed by atoms with E-state index in [4.69, 9.17) is 21.1 Å². The van der Waals surface area contributed by atoms with Crippen molar-refractivity contribution in [2.45, 2.75) is 43.6 Å². The number of aryl methyl sites for hydroxylation is 1. The molecule has 8 heteroatoms. The zero-order valence-corrected chi connectivity index (χ0v) is 15.5. The van der Waals surface area contributed by atoms with E-state index in [0.717, 1.165) is 29.7 Å². The van der Waals surface area contributed by atoms with Crippen LogP contribution in [0.25, 0.3) is 0 Å². The molecular formula is C19H20ClN3O4. The highest BCUT2D eigenvalue weighted by atomic mass is 35.5. The summed E-state index contributed by atoms with van der Waals surface area (Å²) in [6.07, 6.45) is 2.61. The summed E-state index contributed by atoms with van der Waals surface area (Å²) in [6, 6.07) is 7.73. The number of benzene rings is 1. The van der Waals surface area contributed by atoms with Gasteiger partial charge in [-0.15, -0.1) is 0 Å². The van der Waals surface area contributed by atoms with Gasteiger partial charge in [-0.3, -0.25) is 4.90 Å². The highest BCUT2D eigenvalue weighted by molar-refractivity contribution is 6.20. The topological polar surface area (TPSA) is 84.8 Å². The van der Waals surface area contributed by atoms with Crippen LogP contribution in [0.1, 0.15) is 41.6 Å². The highest BCUT2D eigenvalue weighted by Gasteiger charge is 2.43. The maximum absolute atomic E-state index is 11.9. The van der Waals surface area contributed by atoms with Crippen molar-refractivity contribution in [1.82, 2.24) is 15.1 Å². The normalized spacial score (nSPS) is 25.3. The fraction of sp³-hybridized carbons (Fsp3) is 0.421. The molecule has 0 radical (unpaired) electrons. The number of hydrogen-bond acceptors (Lipinski definition) is 5. The van der Waals surface area contributed by atoms with Crippen molar-refractivity contribution in [3.05, 3.63) is 53.3 Å². The minimum Gasteiger partial charge on any atom is -0.467 e. The SMILES string of the molecule is Cc1cccc(C2CC2)c1OC1C(c2ccnnc2)OC(Cl)CN1C(=O)O. The van der Waals surface area contributed by atoms with Crippen LogP contribution in [0.4, 0.5) is 4.79 Å². The summed E-state index contributed by atoms with van der Waals surface area (Å²) in [5.74, 6) is 1.18. The summed E-state index contributed by atoms with van der Waals surface area (Å²) in [6.45, 7) is 1.98. The lowest BCUT2D eigenvalue weighted by atomic mass is 10.0. The van der Waals surface area contributed by atoms with Gasteiger partial charge in [-0.25, -0.2) is 4.79 Å². The average molecular weight is 390 g/mol. The zero-order valence-electron chi connectivity index (χ0n) is 14.8. The van der Waals surface area contributed by atoms with Gasteiger partial charge in [-0.1, -0.05) is 29.8 Å². The van der Waals surface area contributed by atoms with E-state index < -0.39 is 24.0 Å². The fourth-order valence-electron chi connectivity index (χ4n) is 3.39. The smallest absolute Gasteiger partial charge is 0.410 e. The van der Waals surface area contributed by atoms with Gasteiger partial charge in [0.2, 0.25) is 6.23 Å². The first-order valence-electron chi connectivity index (χ1n) is 8.86. The molecule has 1 amide bonds. The number of morpholine rings is 1. The van der Waals surface area contributed by atoms with Crippen LogP contribution in [0.2, 0.25) is 0 Å². The zero-order chi connectivity index (χ0) is 19.0. The monoisotopic (exact) mass is 389 g/mol. The second kappa shape index (κ2) is 7.32. The molecule has 142 valence electrons. The summed E-state index contributed by atoms with van der Waals surface area (Å²) in [4.78, 5) is 13.1. The van der Waals surface area contributed by atoms with Crippen molar-refractivity contribution in [1.29, 1.82) is 0 Å². The number of para-hydroxylation sites is 1. The Morgan fingerprint density at radius 1 is 1.33 bits per heavy atom. The Kier molecular flexibility index (Phi) is 4.88. The molecule has 1 aliphatic heterocycles. The molecule has 1 saturated heterocycles. The largest absolute Gasteiger partial charge is 0.467 e. The fourth-order valence-corrected chi connectivity index (χ4v) is 3.65. The number of carbonyl (C=O) groups is 1. The van der Waals surface area contributed by atoms with E-state index in [1.54, 1.807) is 6.07 Å². The summed E-state index contributed by atoms with van der Waals surface area (Å²) < 4.78 is 12.2. The first-order chi connectivity index (χ1) is 13.0. The van der Waals surface area contributed by atoms with Crippen LogP contribution in [0.15, 0.2) is 36.7 Å². The number of hydrogen-bond donors (Lipinski definition) is 1. The summed E-state index contributed by atoms with van der Waals surface area (Å²) >= 11 is 6.17. The molecule has 0 bridgehead atoms. The molecule has 3 unspecified atom stereocenters. The van der Waals surface area contributed by atoms with E-state index in [1.165, 1.54) is 17.3 Å². The van der Waals surface area contributed by atoms with Crippen molar-refractivity contribution >= 4 is 17.7 Å². The molecule has 0 spiro atoms. The molecule has 4 rings (SSSR count). The molecule has 1 aromatic carbocycles. The molecule has 2 aliphatic rings. The van der Waals surface area contributed by atoms with E-state index in [9.17, 15) is 9.90 Å². The number of aromatic nitrogens is 2. The molecular weight excluding hydrogens is 370 g/mol. The molecule has 2 heterocycles. The molecule has 3 atom stereocenters. The summed E-state index contributed by atoms with van der Waals surface area (Å²) in [5, 5.41) is 17.4. The van der Waals surface area contributed by atoms with Gasteiger partial charge in [0.25, 0.3) is 0 Å². The van der Waals surface area contributed by atoms with Crippen LogP contribution in [0.3, 0.4) is 0 Å². The minimum absolute atomic E-state index is 0.0151. The van der Waals surface area contributed by atoms with Crippen LogP contribution in [-0.2, 0) is 4.74 Å². The van der Waals surface area contributed by atoms with Crippen LogP contribution >= 0.6 is 11.6 Å². The summed E-state index contributed by atoms with van der Waals surface area (Å²) in [5.41, 5.74) is 1.95. The molecule has 2 fully saturated rings. The van der Waals surface area contributed by atoms with Crippen LogP contribution < -0.4 is 4.74 Å². The highest BCUT2D eigenvalue weighted by Crippen LogP contribution is 2.46. The predicted octanol–water partition coefficient (Wildman–Crippen LogP) is 3.68. The van der Waals surface area contributed by atoms with Crippen molar-refractivity contribution in [3.8, 4) is 5.75 Å². The third-order valence-corrected chi connectivity index (χ3v) is 5.12. The van der Waals surface area contributed by atoms with Crippen molar-refractivity contribution < 1.29 is 19.4 Å². The van der Waals surface area contributed by atoms with Crippen molar-refractivity contribution in [2.24, 2.45) is 0 Å². The lowest BCUT2D eigenvalue weighted by Gasteiger charge is -2.41. The van der Waals surface area contributed by atoms with E-state index >= 15 is 0 Å². The Morgan fingerprint density at radius 3 is 2.81 bits per heavy atom. The molecule has 27 heavy (non-hydrogen) atoms. The second-order valence-corrected chi connectivity index (χ2v) is 7.34. The maximum Gasteiger partial charge on any atom is 0.410 e. The van der Waals surface area contributed by atoms with Gasteiger partial charge >= 0.3 is 6.09 Å². The minimum atomic E-state index is -1.11. The average Bonchev–Trinajstić information content (AvgIpc) is 3.49. The third-order valence-electron chi connectivity index (χ3n) is 4.88. The molecule has 2 aromatic rings. The molecule has 1 saturated carbocycles. The van der Waals surface area contributed by atoms with Gasteiger partial charge in [0.1, 0.15) is 17.4 Å². The molecule has 7 nitrogen and oxygen atoms in total. The Labute approximate surface area is 161 Å². The predicted molar refractivity (Wildman–Crippen MR) is 97.8 cm³/mol. The van der Waals surface area contributed by atoms with Crippen LogP contribution in [-0.4, -0.2) is 44.6 Å². The number of halogens is 1. The van der Waals surface area contributed by atoms with Crippen LogP contribution in [0, 0.1) is 6.92 Å². The Balaban J connectivity index is 1.73. The standard InChI is InChI=1S/C19H20ClN3O4/c1-11-3-2-4-14(12-5-6-12)16(11)27-18-17(13-7-8-21-22-9-13)26-15(20)10-23(18)19(24)25/h2-4,7-9,12,15,17-18H,5-6,10H2,1H3,(H,24,25). The lowest BCUT2D eigenvalue weighted by Crippen LogP contribution is -2.54. The maximum atomic E-state index is 11.9. The lowest BCUT2D eigenvalue weighted by molar-refractivity contribution is -0.146. The van der Waals surface area contributed by atoms with Gasteiger partial charge < -0.3 is 14.6 Å². The number of ether oxygens (including phenoxy) is 2. The molecule has 1 N–H and O–H groups in total. The third kappa shape index (κ3) is 3.70. The first kappa shape index (κ1) is 18.0. The van der Waals surface area contributed by atoms with E-state index in [-0.39, 0.29) is 6.54 Å². The first-order valence-corrected chi connectivity index (χ1v) is 9.30. The quantitative estimate of drug-likeness (QED) is 0.803. The van der Waals surface area contributed by atoms with Gasteiger partial charge in [0, 0.05) is 11.8 Å². The van der Waals surface area contributed by atoms with Gasteiger partial charge in [0.15, 0.2) is 0 Å². The van der Waals surface area contributed by atoms with Crippen LogP contribution in [0.5, 0.6) is 5.75 Å². The number of rotatable bonds is 4. The van der Waals surface area contributed by atoms with E-state index in [0.29, 0.717) is 11.5 Å². The van der Waals surface area contributed by atoms with Gasteiger partial charge in [-0.05, 0) is 42.9 Å². The van der Waals surface area contributed by atoms with Gasteiger partial charge in [-0.2, -0.15) is 10.2 Å². The number of alkyl halides is 1. The Morgan fingerprint density at radius 2 is 2.15 bits per heavy atom. The van der Waals surface area contributed by atoms with Crippen molar-refractivity contribution in [3.63, 3.8) is 0 Å². The Bertz CT molecular complexity index is 831. The second-order valence-electron chi connectivity index (χ2n) is 6.85. The molecule has 1 aliphatic carbocycles. The van der Waals surface area contributed by atoms with Crippen molar-refractivity contribution in [2.75, 3.05) is 6.54 Å². The molecule has 1 aromatic heterocycles. The summed E-state index contributed by atoms with van der Waals surface area (Å²) in [7, 11) is 0.